The van der Waals surface area contributed by atoms with Gasteiger partial charge in [0.25, 0.3) is 5.69 Å². The summed E-state index contributed by atoms with van der Waals surface area (Å²) in [6.07, 6.45) is 8.85. The van der Waals surface area contributed by atoms with Crippen LogP contribution in [0.4, 0.5) is 11.4 Å². The third-order valence-corrected chi connectivity index (χ3v) is 7.33. The van der Waals surface area contributed by atoms with Crippen LogP contribution in [0.1, 0.15) is 50.5 Å². The molecule has 7 heteroatoms. The molecule has 1 atom stereocenters. The molecule has 2 aliphatic heterocycles. The van der Waals surface area contributed by atoms with Crippen molar-refractivity contribution in [3.8, 4) is 0 Å². The molecule has 6 nitrogen and oxygen atoms in total. The second-order valence-electron chi connectivity index (χ2n) is 7.94. The lowest BCUT2D eigenvalue weighted by molar-refractivity contribution is -0.384. The van der Waals surface area contributed by atoms with Crippen LogP contribution < -0.4 is 0 Å². The first-order chi connectivity index (χ1) is 13.1. The van der Waals surface area contributed by atoms with Crippen molar-refractivity contribution in [1.29, 1.82) is 0 Å². The van der Waals surface area contributed by atoms with Crippen molar-refractivity contribution >= 4 is 28.3 Å². The predicted molar refractivity (Wildman–Crippen MR) is 109 cm³/mol. The van der Waals surface area contributed by atoms with Crippen LogP contribution in [-0.2, 0) is 4.74 Å². The number of benzene rings is 1. The number of nitro benzene ring substituents is 1. The summed E-state index contributed by atoms with van der Waals surface area (Å²) in [6.45, 7) is 3.68. The van der Waals surface area contributed by atoms with E-state index >= 15 is 0 Å². The number of nitro groups is 1. The van der Waals surface area contributed by atoms with Gasteiger partial charge in [-0.3, -0.25) is 10.1 Å². The van der Waals surface area contributed by atoms with E-state index in [1.165, 1.54) is 38.5 Å². The topological polar surface area (TPSA) is 68.0 Å². The predicted octanol–water partition coefficient (Wildman–Crippen LogP) is 4.82. The number of hydrogen-bond acceptors (Lipinski definition) is 5. The van der Waals surface area contributed by atoms with Gasteiger partial charge < -0.3 is 9.64 Å². The molecule has 27 heavy (non-hydrogen) atoms. The van der Waals surface area contributed by atoms with E-state index in [0.29, 0.717) is 0 Å². The van der Waals surface area contributed by atoms with Crippen molar-refractivity contribution in [2.45, 2.75) is 63.5 Å². The monoisotopic (exact) mass is 389 g/mol. The molecule has 1 spiro atoms. The van der Waals surface area contributed by atoms with Gasteiger partial charge in [0.1, 0.15) is 0 Å². The van der Waals surface area contributed by atoms with E-state index in [1.54, 1.807) is 18.2 Å². The van der Waals surface area contributed by atoms with Crippen LogP contribution in [0, 0.1) is 17.0 Å². The Morgan fingerprint density at radius 1 is 1.33 bits per heavy atom. The molecule has 0 bridgehead atoms. The van der Waals surface area contributed by atoms with Crippen molar-refractivity contribution in [1.82, 2.24) is 4.90 Å². The summed E-state index contributed by atoms with van der Waals surface area (Å²) in [5, 5.41) is 12.1. The maximum Gasteiger partial charge on any atom is 0.269 e. The molecule has 4 rings (SSSR count). The lowest BCUT2D eigenvalue weighted by Gasteiger charge is -2.38. The normalized spacial score (nSPS) is 26.2. The molecule has 0 radical (unpaired) electrons. The molecule has 1 aliphatic carbocycles. The average Bonchev–Trinajstić information content (AvgIpc) is 3.27. The molecule has 146 valence electrons. The number of thioether (sulfide) groups is 1. The van der Waals surface area contributed by atoms with Crippen LogP contribution in [0.15, 0.2) is 23.2 Å². The van der Waals surface area contributed by atoms with E-state index < -0.39 is 0 Å². The number of aliphatic imine (C=N–C) groups is 1. The Hall–Kier alpha value is -1.60. The second-order valence-corrected chi connectivity index (χ2v) is 8.88. The van der Waals surface area contributed by atoms with Crippen LogP contribution in [0.5, 0.6) is 0 Å². The maximum absolute atomic E-state index is 11.0. The summed E-state index contributed by atoms with van der Waals surface area (Å²) in [4.78, 5) is 18.1. The minimum atomic E-state index is -0.353. The number of nitrogens with zero attached hydrogens (tertiary/aromatic N) is 3. The Labute approximate surface area is 164 Å². The minimum Gasteiger partial charge on any atom is -0.376 e. The number of hydrogen-bond donors (Lipinski definition) is 0. The highest BCUT2D eigenvalue weighted by Crippen LogP contribution is 2.45. The first-order valence-electron chi connectivity index (χ1n) is 9.93. The zero-order valence-electron chi connectivity index (χ0n) is 15.9. The summed E-state index contributed by atoms with van der Waals surface area (Å²) in [5.74, 6) is 1.09. The number of non-ortho nitro benzene ring substituents is 1. The van der Waals surface area contributed by atoms with Gasteiger partial charge in [-0.25, -0.2) is 4.99 Å². The van der Waals surface area contributed by atoms with Crippen LogP contribution in [0.25, 0.3) is 0 Å². The van der Waals surface area contributed by atoms with Gasteiger partial charge in [-0.1, -0.05) is 24.6 Å². The second kappa shape index (κ2) is 7.80. The zero-order chi connectivity index (χ0) is 18.9. The lowest BCUT2D eigenvalue weighted by atomic mass is 9.97. The van der Waals surface area contributed by atoms with E-state index in [-0.39, 0.29) is 22.3 Å². The molecule has 0 aromatic heterocycles. The molecule has 3 fully saturated rings. The van der Waals surface area contributed by atoms with Crippen LogP contribution in [0.3, 0.4) is 0 Å². The number of aryl methyl sites for hydroxylation is 1. The molecule has 1 unspecified atom stereocenters. The summed E-state index contributed by atoms with van der Waals surface area (Å²) in [6, 6.07) is 4.93. The standard InChI is InChI=1S/C20H27N3O3S/c1-15-12-16(23(24)25)7-8-18(15)21-19-22(13-17-6-2-5-11-26-17)20(14-27-19)9-3-4-10-20/h7-8,12,17H,2-6,9-11,13-14H2,1H3. The van der Waals surface area contributed by atoms with Gasteiger partial charge in [0.05, 0.1) is 22.3 Å². The van der Waals surface area contributed by atoms with Gasteiger partial charge in [-0.05, 0) is 50.7 Å². The fourth-order valence-corrected chi connectivity index (χ4v) is 5.94. The van der Waals surface area contributed by atoms with Crippen molar-refractivity contribution in [2.75, 3.05) is 18.9 Å². The van der Waals surface area contributed by atoms with E-state index in [1.807, 2.05) is 18.7 Å². The molecule has 2 heterocycles. The van der Waals surface area contributed by atoms with Gasteiger partial charge in [-0.2, -0.15) is 0 Å². The molecule has 1 aromatic carbocycles. The van der Waals surface area contributed by atoms with Crippen molar-refractivity contribution in [3.63, 3.8) is 0 Å². The molecule has 3 aliphatic rings. The number of amidine groups is 1. The highest BCUT2D eigenvalue weighted by Gasteiger charge is 2.47. The van der Waals surface area contributed by atoms with Crippen molar-refractivity contribution in [3.05, 3.63) is 33.9 Å². The fraction of sp³-hybridized carbons (Fsp3) is 0.650. The third-order valence-electron chi connectivity index (χ3n) is 6.08. The minimum absolute atomic E-state index is 0.121. The zero-order valence-corrected chi connectivity index (χ0v) is 16.7. The molecule has 0 amide bonds. The quantitative estimate of drug-likeness (QED) is 0.545. The Morgan fingerprint density at radius 2 is 2.15 bits per heavy atom. The summed E-state index contributed by atoms with van der Waals surface area (Å²) >= 11 is 1.84. The highest BCUT2D eigenvalue weighted by atomic mass is 32.2. The van der Waals surface area contributed by atoms with Gasteiger partial charge in [0.2, 0.25) is 0 Å². The Morgan fingerprint density at radius 3 is 2.81 bits per heavy atom. The van der Waals surface area contributed by atoms with Gasteiger partial charge in [-0.15, -0.1) is 0 Å². The molecule has 1 saturated carbocycles. The first-order valence-corrected chi connectivity index (χ1v) is 10.9. The summed E-state index contributed by atoms with van der Waals surface area (Å²) in [5.41, 5.74) is 2.01. The Kier molecular flexibility index (Phi) is 5.41. The van der Waals surface area contributed by atoms with Crippen LogP contribution in [0.2, 0.25) is 0 Å². The smallest absolute Gasteiger partial charge is 0.269 e. The molecule has 1 aromatic rings. The maximum atomic E-state index is 11.0. The first kappa shape index (κ1) is 18.7. The van der Waals surface area contributed by atoms with Gasteiger partial charge >= 0.3 is 0 Å². The Bertz CT molecular complexity index is 740. The van der Waals surface area contributed by atoms with Gasteiger partial charge in [0, 0.05) is 31.0 Å². The fourth-order valence-electron chi connectivity index (χ4n) is 4.51. The van der Waals surface area contributed by atoms with E-state index in [9.17, 15) is 10.1 Å². The molecule has 2 saturated heterocycles. The number of ether oxygens (including phenoxy) is 1. The lowest BCUT2D eigenvalue weighted by Crippen LogP contribution is -2.49. The van der Waals surface area contributed by atoms with Crippen LogP contribution >= 0.6 is 11.8 Å². The van der Waals surface area contributed by atoms with E-state index in [2.05, 4.69) is 4.90 Å². The SMILES string of the molecule is Cc1cc([N+](=O)[O-])ccc1N=C1SCC2(CCCC2)N1CC1CCCCO1. The summed E-state index contributed by atoms with van der Waals surface area (Å²) < 4.78 is 6.03. The molecular weight excluding hydrogens is 362 g/mol. The summed E-state index contributed by atoms with van der Waals surface area (Å²) in [7, 11) is 0. The number of rotatable bonds is 4. The highest BCUT2D eigenvalue weighted by molar-refractivity contribution is 8.14. The van der Waals surface area contributed by atoms with Crippen molar-refractivity contribution in [2.24, 2.45) is 4.99 Å². The van der Waals surface area contributed by atoms with Crippen molar-refractivity contribution < 1.29 is 9.66 Å². The third kappa shape index (κ3) is 3.85. The van der Waals surface area contributed by atoms with Gasteiger partial charge in [0.15, 0.2) is 5.17 Å². The Balaban J connectivity index is 1.61. The largest absolute Gasteiger partial charge is 0.376 e. The molecule has 0 N–H and O–H groups in total. The van der Waals surface area contributed by atoms with E-state index in [0.717, 1.165) is 41.7 Å². The van der Waals surface area contributed by atoms with E-state index in [4.69, 9.17) is 9.73 Å². The van der Waals surface area contributed by atoms with Crippen LogP contribution in [-0.4, -0.2) is 45.5 Å². The molecular formula is C20H27N3O3S. The average molecular weight is 390 g/mol.